The number of unbranched alkanes of at least 4 members (excludes halogenated alkanes) is 2. The van der Waals surface area contributed by atoms with Gasteiger partial charge in [-0.15, -0.1) is 0 Å². The van der Waals surface area contributed by atoms with Crippen molar-refractivity contribution in [2.45, 2.75) is 69.9 Å². The van der Waals surface area contributed by atoms with Crippen LogP contribution < -0.4 is 0 Å². The van der Waals surface area contributed by atoms with Crippen LogP contribution in [0.25, 0.3) is 11.4 Å². The fourth-order valence-electron chi connectivity index (χ4n) is 8.15. The number of fused-ring (bicyclic) bond motifs is 10. The average Bonchev–Trinajstić information content (AvgIpc) is 3.86. The zero-order chi connectivity index (χ0) is 34.1. The van der Waals surface area contributed by atoms with Gasteiger partial charge in [0.2, 0.25) is 0 Å². The number of halogens is 2. The number of carbonyl (C=O) groups is 4. The molecule has 0 spiro atoms. The van der Waals surface area contributed by atoms with Crippen LogP contribution in [0.5, 0.6) is 0 Å². The van der Waals surface area contributed by atoms with Crippen molar-refractivity contribution >= 4 is 55.6 Å². The summed E-state index contributed by atoms with van der Waals surface area (Å²) in [5, 5.41) is 20.4. The molecule has 4 aliphatic rings. The highest BCUT2D eigenvalue weighted by Crippen LogP contribution is 2.43. The second kappa shape index (κ2) is 12.2. The maximum Gasteiger partial charge on any atom is 0.356 e. The van der Waals surface area contributed by atoms with Crippen LogP contribution in [0.4, 0.5) is 0 Å². The number of rotatable bonds is 8. The summed E-state index contributed by atoms with van der Waals surface area (Å²) >= 11 is 6.99. The molecular weight excluding hydrogens is 760 g/mol. The van der Waals surface area contributed by atoms with Gasteiger partial charge in [-0.1, -0.05) is 38.3 Å². The number of aromatic nitrogens is 4. The molecule has 0 saturated carbocycles. The lowest BCUT2D eigenvalue weighted by molar-refractivity contribution is 0.0669. The summed E-state index contributed by atoms with van der Waals surface area (Å²) in [6.45, 7) is 1.12. The molecule has 2 aromatic heterocycles. The first kappa shape index (κ1) is 31.9. The van der Waals surface area contributed by atoms with E-state index in [1.807, 2.05) is 33.4 Å². The van der Waals surface area contributed by atoms with Crippen molar-refractivity contribution in [2.24, 2.45) is 0 Å². The number of aryl methyl sites for hydroxylation is 2. The van der Waals surface area contributed by atoms with E-state index in [0.717, 1.165) is 28.2 Å². The van der Waals surface area contributed by atoms with Crippen LogP contribution in [0.2, 0.25) is 0 Å². The third-order valence-electron chi connectivity index (χ3n) is 10.2. The summed E-state index contributed by atoms with van der Waals surface area (Å²) in [4.78, 5) is 65.1. The minimum Gasteiger partial charge on any atom is -0.476 e. The number of hydrogen-bond acceptors (Lipinski definition) is 6. The molecule has 0 unspecified atom stereocenters. The average molecular weight is 792 g/mol. The van der Waals surface area contributed by atoms with Crippen molar-refractivity contribution in [3.63, 3.8) is 0 Å². The van der Waals surface area contributed by atoms with Crippen LogP contribution in [-0.4, -0.2) is 76.0 Å². The number of amides is 2. The lowest BCUT2D eigenvalue weighted by Gasteiger charge is -2.22. The van der Waals surface area contributed by atoms with Gasteiger partial charge in [0.1, 0.15) is 11.6 Å². The van der Waals surface area contributed by atoms with E-state index >= 15 is 0 Å². The molecule has 4 aromatic rings. The van der Waals surface area contributed by atoms with Gasteiger partial charge in [0.15, 0.2) is 11.4 Å². The monoisotopic (exact) mass is 790 g/mol. The van der Waals surface area contributed by atoms with E-state index in [-0.39, 0.29) is 35.3 Å². The summed E-state index contributed by atoms with van der Waals surface area (Å²) < 4.78 is 5.32. The van der Waals surface area contributed by atoms with E-state index in [1.165, 1.54) is 0 Å². The van der Waals surface area contributed by atoms with E-state index in [1.54, 1.807) is 21.9 Å². The van der Waals surface area contributed by atoms with Gasteiger partial charge in [-0.25, -0.2) is 19.6 Å². The van der Waals surface area contributed by atoms with E-state index in [2.05, 4.69) is 41.8 Å². The Bertz CT molecular complexity index is 1940. The first-order valence-corrected chi connectivity index (χ1v) is 18.1. The molecule has 0 radical (unpaired) electrons. The first-order chi connectivity index (χ1) is 23.6. The van der Waals surface area contributed by atoms with Gasteiger partial charge < -0.3 is 20.0 Å². The smallest absolute Gasteiger partial charge is 0.356 e. The minimum absolute atomic E-state index is 0.0162. The van der Waals surface area contributed by atoms with E-state index in [9.17, 15) is 29.4 Å². The zero-order valence-corrected chi connectivity index (χ0v) is 29.5. The van der Waals surface area contributed by atoms with Crippen molar-refractivity contribution in [1.82, 2.24) is 28.9 Å². The Labute approximate surface area is 298 Å². The molecule has 4 aliphatic heterocycles. The van der Waals surface area contributed by atoms with Gasteiger partial charge in [0.05, 0.1) is 46.0 Å². The quantitative estimate of drug-likeness (QED) is 0.192. The highest BCUT2D eigenvalue weighted by atomic mass is 79.9. The molecular formula is C35H32Br2N6O6. The van der Waals surface area contributed by atoms with Crippen molar-refractivity contribution in [3.8, 4) is 11.4 Å². The second-order valence-corrected chi connectivity index (χ2v) is 14.8. The second-order valence-electron chi connectivity index (χ2n) is 13.0. The molecule has 8 rings (SSSR count). The van der Waals surface area contributed by atoms with Crippen LogP contribution >= 0.6 is 31.9 Å². The highest BCUT2D eigenvalue weighted by molar-refractivity contribution is 9.10. The van der Waals surface area contributed by atoms with Crippen LogP contribution in [0.3, 0.4) is 0 Å². The summed E-state index contributed by atoms with van der Waals surface area (Å²) in [6, 6.07) is 10.2. The van der Waals surface area contributed by atoms with Gasteiger partial charge in [0, 0.05) is 34.9 Å². The number of carboxylic acid groups (broad SMARTS) is 2. The normalized spacial score (nSPS) is 19.1. The maximum absolute atomic E-state index is 13.7. The van der Waals surface area contributed by atoms with E-state index in [0.29, 0.717) is 97.2 Å². The maximum atomic E-state index is 13.7. The van der Waals surface area contributed by atoms with E-state index < -0.39 is 11.9 Å². The largest absolute Gasteiger partial charge is 0.476 e. The number of nitrogens with zero attached hydrogens (tertiary/aromatic N) is 6. The zero-order valence-electron chi connectivity index (χ0n) is 26.4. The van der Waals surface area contributed by atoms with Crippen LogP contribution in [0.15, 0.2) is 45.3 Å². The molecule has 49 heavy (non-hydrogen) atoms. The number of hydrogen-bond donors (Lipinski definition) is 2. The van der Waals surface area contributed by atoms with Crippen LogP contribution in [0.1, 0.15) is 122 Å². The Kier molecular flexibility index (Phi) is 7.97. The fourth-order valence-corrected chi connectivity index (χ4v) is 8.88. The highest BCUT2D eigenvalue weighted by Gasteiger charge is 2.43. The van der Waals surface area contributed by atoms with Gasteiger partial charge in [-0.3, -0.25) is 18.7 Å². The Balaban J connectivity index is 1.09. The third-order valence-corrected chi connectivity index (χ3v) is 11.2. The predicted molar refractivity (Wildman–Crippen MR) is 184 cm³/mol. The summed E-state index contributed by atoms with van der Waals surface area (Å²) in [7, 11) is 0. The molecule has 2 amide bonds. The molecule has 14 heteroatoms. The Morgan fingerprint density at radius 1 is 0.694 bits per heavy atom. The lowest BCUT2D eigenvalue weighted by atomic mass is 10.1. The number of carbonyl (C=O) groups excluding carboxylic acids is 2. The molecule has 2 aromatic carbocycles. The molecule has 12 nitrogen and oxygen atoms in total. The molecule has 2 saturated heterocycles. The fraction of sp³-hybridized carbons (Fsp3) is 0.371. The van der Waals surface area contributed by atoms with Gasteiger partial charge in [-0.05, 0) is 74.9 Å². The van der Waals surface area contributed by atoms with Gasteiger partial charge >= 0.3 is 11.9 Å². The summed E-state index contributed by atoms with van der Waals surface area (Å²) in [5.41, 5.74) is 3.36. The number of carboxylic acids is 2. The number of aromatic carboxylic acids is 2. The Morgan fingerprint density at radius 2 is 1.12 bits per heavy atom. The van der Waals surface area contributed by atoms with Crippen molar-refractivity contribution in [3.05, 3.63) is 90.9 Å². The third kappa shape index (κ3) is 5.13. The first-order valence-electron chi connectivity index (χ1n) is 16.6. The van der Waals surface area contributed by atoms with E-state index in [4.69, 9.17) is 0 Å². The molecule has 0 bridgehead atoms. The lowest BCUT2D eigenvalue weighted by Crippen LogP contribution is -2.30. The van der Waals surface area contributed by atoms with Gasteiger partial charge in [0.25, 0.3) is 11.8 Å². The molecule has 6 heterocycles. The van der Waals surface area contributed by atoms with Crippen LogP contribution in [-0.2, 0) is 12.8 Å². The van der Waals surface area contributed by atoms with Crippen molar-refractivity contribution in [1.29, 1.82) is 0 Å². The summed E-state index contributed by atoms with van der Waals surface area (Å²) in [5.74, 6) is -1.26. The summed E-state index contributed by atoms with van der Waals surface area (Å²) in [6.07, 6.45) is 5.98. The molecule has 0 aliphatic carbocycles. The topological polar surface area (TPSA) is 151 Å². The molecule has 2 fully saturated rings. The minimum atomic E-state index is -1.12. The Morgan fingerprint density at radius 3 is 1.53 bits per heavy atom. The molecule has 2 atom stereocenters. The SMILES string of the molecule is O=C(O)c1nc(CCCCCc2nc(C(=O)O)c3n2-c2ccc(Br)cc2C(=O)N2CCC[C@@H]32)n2c1[C@@H]1CCCN1C(=O)c1cc(Br)ccc1-2. The van der Waals surface area contributed by atoms with Crippen molar-refractivity contribution < 1.29 is 29.4 Å². The molecule has 252 valence electrons. The van der Waals surface area contributed by atoms with Gasteiger partial charge in [-0.2, -0.15) is 0 Å². The molecule has 2 N–H and O–H groups in total. The standard InChI is InChI=1S/C35H32Br2N6O6/c36-18-10-12-22-20(16-18)32(44)40-14-4-6-24(40)30-28(34(46)47)38-26(42(22)30)8-2-1-3-9-27-39-29(35(48)49)31-25-7-5-15-41(25)33(45)21-17-19(37)11-13-23(21)43(27)31/h10-13,16-17,24-25H,1-9,14-15H2,(H,46,47)(H,48,49)/t24-,25-/m0/s1. The Hall–Kier alpha value is -4.30. The number of imidazole rings is 2. The number of benzene rings is 2. The predicted octanol–water partition coefficient (Wildman–Crippen LogP) is 6.52. The van der Waals surface area contributed by atoms with Crippen molar-refractivity contribution in [2.75, 3.05) is 13.1 Å². The van der Waals surface area contributed by atoms with Crippen LogP contribution in [0, 0.1) is 0 Å².